The average molecular weight is 270 g/mol. The Labute approximate surface area is 125 Å². The molecular weight excluding hydrogens is 240 g/mol. The smallest absolute Gasteiger partial charge is 0.0156 e. The van der Waals surface area contributed by atoms with E-state index < -0.39 is 0 Å². The van der Waals surface area contributed by atoms with Crippen LogP contribution in [0.15, 0.2) is 35.5 Å². The summed E-state index contributed by atoms with van der Waals surface area (Å²) in [7, 11) is 0. The van der Waals surface area contributed by atoms with Crippen molar-refractivity contribution in [2.75, 3.05) is 0 Å². The van der Waals surface area contributed by atoms with Gasteiger partial charge >= 0.3 is 0 Å². The number of rotatable bonds is 2. The summed E-state index contributed by atoms with van der Waals surface area (Å²) < 4.78 is 0. The van der Waals surface area contributed by atoms with Crippen molar-refractivity contribution in [2.45, 2.75) is 65.2 Å². The lowest BCUT2D eigenvalue weighted by Crippen LogP contribution is -2.22. The van der Waals surface area contributed by atoms with Gasteiger partial charge in [0.05, 0.1) is 0 Å². The lowest BCUT2D eigenvalue weighted by molar-refractivity contribution is 0.250. The van der Waals surface area contributed by atoms with Crippen molar-refractivity contribution >= 4 is 0 Å². The highest BCUT2D eigenvalue weighted by molar-refractivity contribution is 5.48. The van der Waals surface area contributed by atoms with Gasteiger partial charge in [0.2, 0.25) is 0 Å². The first-order chi connectivity index (χ1) is 9.65. The maximum atomic E-state index is 4.49. The van der Waals surface area contributed by atoms with Crippen LogP contribution in [0.4, 0.5) is 0 Å². The van der Waals surface area contributed by atoms with Gasteiger partial charge in [-0.15, -0.1) is 0 Å². The Balaban J connectivity index is 1.65. The quantitative estimate of drug-likeness (QED) is 0.572. The highest BCUT2D eigenvalue weighted by Gasteiger charge is 2.30. The number of allylic oxidation sites excluding steroid dienone is 5. The van der Waals surface area contributed by atoms with Crippen LogP contribution in [0.1, 0.15) is 65.2 Å². The van der Waals surface area contributed by atoms with Crippen LogP contribution in [0.25, 0.3) is 0 Å². The Morgan fingerprint density at radius 2 is 1.85 bits per heavy atom. The Morgan fingerprint density at radius 1 is 1.10 bits per heavy atom. The lowest BCUT2D eigenvalue weighted by atomic mass is 9.69. The monoisotopic (exact) mass is 270 g/mol. The summed E-state index contributed by atoms with van der Waals surface area (Å²) in [6.07, 6.45) is 15.9. The molecule has 0 bridgehead atoms. The molecule has 1 saturated carbocycles. The molecule has 20 heavy (non-hydrogen) atoms. The molecule has 0 aromatic heterocycles. The molecule has 0 heterocycles. The van der Waals surface area contributed by atoms with E-state index in [9.17, 15) is 0 Å². The molecule has 0 aromatic carbocycles. The van der Waals surface area contributed by atoms with Crippen molar-refractivity contribution in [2.24, 2.45) is 23.7 Å². The van der Waals surface area contributed by atoms with Gasteiger partial charge in [0.1, 0.15) is 0 Å². The van der Waals surface area contributed by atoms with Crippen LogP contribution in [0, 0.1) is 23.7 Å². The maximum Gasteiger partial charge on any atom is -0.0156 e. The van der Waals surface area contributed by atoms with Gasteiger partial charge in [0, 0.05) is 0 Å². The second kappa shape index (κ2) is 5.92. The molecule has 0 N–H and O–H groups in total. The van der Waals surface area contributed by atoms with Crippen LogP contribution >= 0.6 is 0 Å². The number of hydrogen-bond acceptors (Lipinski definition) is 0. The van der Waals surface area contributed by atoms with Gasteiger partial charge in [-0.05, 0) is 60.5 Å². The Kier molecular flexibility index (Phi) is 4.19. The average Bonchev–Trinajstić information content (AvgIpc) is 2.45. The molecule has 0 amide bonds. The van der Waals surface area contributed by atoms with E-state index in [0.29, 0.717) is 0 Å². The van der Waals surface area contributed by atoms with Gasteiger partial charge < -0.3 is 0 Å². The first-order valence-corrected chi connectivity index (χ1v) is 8.74. The third kappa shape index (κ3) is 2.80. The SMILES string of the molecule is C=C1C2=C(CCC1CC1CCC(C)CC1)C(C)CC=C2. The summed E-state index contributed by atoms with van der Waals surface area (Å²) in [5.74, 6) is 3.46. The standard InChI is InChI=1S/C20H30/c1-14-7-9-17(10-8-14)13-18-11-12-19-15(2)5-4-6-20(19)16(18)3/h4,6,14-15,17-18H,3,5,7-13H2,1-2H3. The van der Waals surface area contributed by atoms with Crippen molar-refractivity contribution in [3.05, 3.63) is 35.5 Å². The Hall–Kier alpha value is -0.780. The summed E-state index contributed by atoms with van der Waals surface area (Å²) in [4.78, 5) is 0. The topological polar surface area (TPSA) is 0 Å². The lowest BCUT2D eigenvalue weighted by Gasteiger charge is -2.36. The summed E-state index contributed by atoms with van der Waals surface area (Å²) >= 11 is 0. The molecule has 0 nitrogen and oxygen atoms in total. The van der Waals surface area contributed by atoms with E-state index in [2.05, 4.69) is 32.6 Å². The van der Waals surface area contributed by atoms with E-state index in [4.69, 9.17) is 0 Å². The molecule has 2 atom stereocenters. The van der Waals surface area contributed by atoms with Crippen molar-refractivity contribution < 1.29 is 0 Å². The maximum absolute atomic E-state index is 4.49. The van der Waals surface area contributed by atoms with Crippen LogP contribution in [0.2, 0.25) is 0 Å². The Morgan fingerprint density at radius 3 is 2.60 bits per heavy atom. The molecule has 110 valence electrons. The van der Waals surface area contributed by atoms with E-state index in [-0.39, 0.29) is 0 Å². The minimum absolute atomic E-state index is 0.753. The minimum Gasteiger partial charge on any atom is -0.0950 e. The van der Waals surface area contributed by atoms with Crippen LogP contribution < -0.4 is 0 Å². The fourth-order valence-corrected chi connectivity index (χ4v) is 4.55. The zero-order chi connectivity index (χ0) is 14.1. The molecule has 2 unspecified atom stereocenters. The van der Waals surface area contributed by atoms with E-state index in [1.54, 1.807) is 5.57 Å². The van der Waals surface area contributed by atoms with Gasteiger partial charge in [-0.1, -0.05) is 63.8 Å². The van der Waals surface area contributed by atoms with Gasteiger partial charge in [-0.2, -0.15) is 0 Å². The third-order valence-corrected chi connectivity index (χ3v) is 6.07. The third-order valence-electron chi connectivity index (χ3n) is 6.07. The molecule has 3 aliphatic rings. The van der Waals surface area contributed by atoms with Crippen molar-refractivity contribution in [3.63, 3.8) is 0 Å². The zero-order valence-corrected chi connectivity index (χ0v) is 13.3. The summed E-state index contributed by atoms with van der Waals surface area (Å²) in [5.41, 5.74) is 4.70. The molecule has 0 saturated heterocycles. The summed E-state index contributed by atoms with van der Waals surface area (Å²) in [6.45, 7) is 9.29. The second-order valence-electron chi connectivity index (χ2n) is 7.60. The molecule has 1 fully saturated rings. The van der Waals surface area contributed by atoms with Gasteiger partial charge in [0.25, 0.3) is 0 Å². The highest BCUT2D eigenvalue weighted by Crippen LogP contribution is 2.44. The van der Waals surface area contributed by atoms with Gasteiger partial charge in [0.15, 0.2) is 0 Å². The molecular formula is C20H30. The first-order valence-electron chi connectivity index (χ1n) is 8.74. The van der Waals surface area contributed by atoms with E-state index in [1.807, 2.05) is 0 Å². The zero-order valence-electron chi connectivity index (χ0n) is 13.3. The first kappa shape index (κ1) is 14.2. The molecule has 0 radical (unpaired) electrons. The van der Waals surface area contributed by atoms with E-state index >= 15 is 0 Å². The van der Waals surface area contributed by atoms with Crippen LogP contribution in [0.3, 0.4) is 0 Å². The van der Waals surface area contributed by atoms with Crippen LogP contribution in [-0.4, -0.2) is 0 Å². The van der Waals surface area contributed by atoms with E-state index in [1.165, 1.54) is 62.5 Å². The fourth-order valence-electron chi connectivity index (χ4n) is 4.55. The Bertz CT molecular complexity index is 429. The normalized spacial score (nSPS) is 38.0. The molecule has 0 spiro atoms. The van der Waals surface area contributed by atoms with Gasteiger partial charge in [-0.25, -0.2) is 0 Å². The highest BCUT2D eigenvalue weighted by atomic mass is 14.3. The van der Waals surface area contributed by atoms with Gasteiger partial charge in [-0.3, -0.25) is 0 Å². The molecule has 0 aliphatic heterocycles. The summed E-state index contributed by atoms with van der Waals surface area (Å²) in [6, 6.07) is 0. The van der Waals surface area contributed by atoms with Crippen molar-refractivity contribution in [1.82, 2.24) is 0 Å². The molecule has 0 heteroatoms. The molecule has 0 aromatic rings. The predicted molar refractivity (Wildman–Crippen MR) is 87.6 cm³/mol. The molecule has 3 rings (SSSR count). The molecule has 3 aliphatic carbocycles. The number of hydrogen-bond donors (Lipinski definition) is 0. The summed E-state index contributed by atoms with van der Waals surface area (Å²) in [5, 5.41) is 0. The predicted octanol–water partition coefficient (Wildman–Crippen LogP) is 6.06. The van der Waals surface area contributed by atoms with Crippen LogP contribution in [-0.2, 0) is 0 Å². The largest absolute Gasteiger partial charge is 0.0950 e. The van der Waals surface area contributed by atoms with E-state index in [0.717, 1.165) is 23.7 Å². The minimum atomic E-state index is 0.753. The fraction of sp³-hybridized carbons (Fsp3) is 0.700. The van der Waals surface area contributed by atoms with Crippen LogP contribution in [0.5, 0.6) is 0 Å². The van der Waals surface area contributed by atoms with Crippen molar-refractivity contribution in [3.8, 4) is 0 Å². The second-order valence-corrected chi connectivity index (χ2v) is 7.60. The van der Waals surface area contributed by atoms with Crippen molar-refractivity contribution in [1.29, 1.82) is 0 Å².